The van der Waals surface area contributed by atoms with E-state index in [0.29, 0.717) is 16.6 Å². The number of rotatable bonds is 3. The molecule has 0 aliphatic carbocycles. The van der Waals surface area contributed by atoms with Crippen LogP contribution >= 0.6 is 46.4 Å². The molecule has 1 aromatic rings. The summed E-state index contributed by atoms with van der Waals surface area (Å²) < 4.78 is 3.61. The molecule has 0 fully saturated rings. The molecule has 0 radical (unpaired) electrons. The first kappa shape index (κ1) is 13.9. The summed E-state index contributed by atoms with van der Waals surface area (Å²) in [6, 6.07) is 3.33. The molecule has 2 nitrogen and oxygen atoms in total. The van der Waals surface area contributed by atoms with Crippen LogP contribution in [0.3, 0.4) is 0 Å². The Balaban J connectivity index is 2.95. The minimum atomic E-state index is -1.37. The Kier molecular flexibility index (Phi) is 4.74. The molecule has 0 saturated carbocycles. The Morgan fingerprint density at radius 3 is 2.56 bits per heavy atom. The summed E-state index contributed by atoms with van der Waals surface area (Å²) in [5, 5.41) is 0.305. The molecule has 0 aliphatic heterocycles. The molecule has 0 bridgehead atoms. The van der Waals surface area contributed by atoms with E-state index in [1.54, 1.807) is 12.1 Å². The summed E-state index contributed by atoms with van der Waals surface area (Å²) in [6.45, 7) is 3.83. The number of methoxy groups -OCH3 is 1. The van der Waals surface area contributed by atoms with Crippen LogP contribution in [-0.4, -0.2) is 15.9 Å². The summed E-state index contributed by atoms with van der Waals surface area (Å²) >= 11 is 22.9. The molecular formula is C10H9Cl4NO. The van der Waals surface area contributed by atoms with Crippen LogP contribution in [0.5, 0.6) is 5.88 Å². The Bertz CT molecular complexity index is 400. The van der Waals surface area contributed by atoms with Crippen molar-refractivity contribution in [3.63, 3.8) is 0 Å². The van der Waals surface area contributed by atoms with Gasteiger partial charge >= 0.3 is 0 Å². The third-order valence-electron chi connectivity index (χ3n) is 1.80. The fraction of sp³-hybridized carbons (Fsp3) is 0.300. The van der Waals surface area contributed by atoms with Crippen LogP contribution in [0.4, 0.5) is 0 Å². The second-order valence-electron chi connectivity index (χ2n) is 3.12. The van der Waals surface area contributed by atoms with Crippen molar-refractivity contribution in [3.05, 3.63) is 29.4 Å². The average Bonchev–Trinajstić information content (AvgIpc) is 2.14. The number of halogens is 4. The standard InChI is InChI=1S/C10H9Cl4NO/c1-6(5-10(12,13)14)7-3-8(11)15-9(4-7)16-2/h3-4H,1,5H2,2H3. The van der Waals surface area contributed by atoms with E-state index in [1.807, 2.05) is 0 Å². The number of hydrogen-bond donors (Lipinski definition) is 0. The molecule has 0 unspecified atom stereocenters. The fourth-order valence-corrected chi connectivity index (χ4v) is 1.81. The van der Waals surface area contributed by atoms with Gasteiger partial charge in [0.05, 0.1) is 7.11 Å². The Morgan fingerprint density at radius 1 is 1.44 bits per heavy atom. The van der Waals surface area contributed by atoms with Crippen LogP contribution in [0.2, 0.25) is 5.15 Å². The molecule has 0 spiro atoms. The number of ether oxygens (including phenoxy) is 1. The van der Waals surface area contributed by atoms with Gasteiger partial charge < -0.3 is 4.74 Å². The highest BCUT2D eigenvalue weighted by atomic mass is 35.6. The summed E-state index contributed by atoms with van der Waals surface area (Å²) in [7, 11) is 1.50. The van der Waals surface area contributed by atoms with Crippen molar-refractivity contribution in [1.29, 1.82) is 0 Å². The van der Waals surface area contributed by atoms with E-state index in [9.17, 15) is 0 Å². The van der Waals surface area contributed by atoms with Crippen LogP contribution in [0.15, 0.2) is 18.7 Å². The van der Waals surface area contributed by atoms with E-state index in [2.05, 4.69) is 11.6 Å². The van der Waals surface area contributed by atoms with Gasteiger partial charge in [-0.25, -0.2) is 4.98 Å². The third-order valence-corrected chi connectivity index (χ3v) is 2.40. The number of alkyl halides is 3. The zero-order valence-electron chi connectivity index (χ0n) is 8.44. The minimum Gasteiger partial charge on any atom is -0.481 e. The van der Waals surface area contributed by atoms with E-state index in [1.165, 1.54) is 7.11 Å². The third kappa shape index (κ3) is 4.38. The minimum absolute atomic E-state index is 0.209. The van der Waals surface area contributed by atoms with Gasteiger partial charge in [0.25, 0.3) is 0 Å². The highest BCUT2D eigenvalue weighted by molar-refractivity contribution is 6.67. The molecule has 0 amide bonds. The molecule has 88 valence electrons. The van der Waals surface area contributed by atoms with Gasteiger partial charge in [-0.2, -0.15) is 0 Å². The normalized spacial score (nSPS) is 11.3. The molecule has 0 aromatic carbocycles. The molecular weight excluding hydrogens is 292 g/mol. The van der Waals surface area contributed by atoms with Crippen LogP contribution in [0, 0.1) is 0 Å². The van der Waals surface area contributed by atoms with Crippen molar-refractivity contribution in [2.75, 3.05) is 7.11 Å². The molecule has 0 N–H and O–H groups in total. The van der Waals surface area contributed by atoms with E-state index in [0.717, 1.165) is 5.56 Å². The van der Waals surface area contributed by atoms with Crippen molar-refractivity contribution in [3.8, 4) is 5.88 Å². The maximum Gasteiger partial charge on any atom is 0.214 e. The zero-order chi connectivity index (χ0) is 12.3. The van der Waals surface area contributed by atoms with E-state index < -0.39 is 3.79 Å². The predicted molar refractivity (Wildman–Crippen MR) is 69.7 cm³/mol. The van der Waals surface area contributed by atoms with Crippen molar-refractivity contribution in [2.45, 2.75) is 10.2 Å². The molecule has 0 aliphatic rings. The van der Waals surface area contributed by atoms with Crippen LogP contribution < -0.4 is 4.74 Å². The largest absolute Gasteiger partial charge is 0.481 e. The number of nitrogens with zero attached hydrogens (tertiary/aromatic N) is 1. The van der Waals surface area contributed by atoms with Crippen LogP contribution in [0.1, 0.15) is 12.0 Å². The lowest BCUT2D eigenvalue weighted by Crippen LogP contribution is -2.03. The van der Waals surface area contributed by atoms with Gasteiger partial charge in [0.15, 0.2) is 3.79 Å². The number of pyridine rings is 1. The first-order chi connectivity index (χ1) is 7.31. The van der Waals surface area contributed by atoms with E-state index in [-0.39, 0.29) is 6.42 Å². The highest BCUT2D eigenvalue weighted by Crippen LogP contribution is 2.36. The zero-order valence-corrected chi connectivity index (χ0v) is 11.5. The van der Waals surface area contributed by atoms with Crippen molar-refractivity contribution in [1.82, 2.24) is 4.98 Å². The van der Waals surface area contributed by atoms with Gasteiger partial charge in [0, 0.05) is 12.5 Å². The quantitative estimate of drug-likeness (QED) is 0.605. The van der Waals surface area contributed by atoms with Gasteiger partial charge in [0.2, 0.25) is 5.88 Å². The summed E-state index contributed by atoms with van der Waals surface area (Å²) in [6.07, 6.45) is 0.209. The monoisotopic (exact) mass is 299 g/mol. The second-order valence-corrected chi connectivity index (χ2v) is 6.02. The lowest BCUT2D eigenvalue weighted by molar-refractivity contribution is 0.398. The molecule has 0 atom stereocenters. The number of hydrogen-bond acceptors (Lipinski definition) is 2. The smallest absolute Gasteiger partial charge is 0.214 e. The lowest BCUT2D eigenvalue weighted by Gasteiger charge is -2.13. The summed E-state index contributed by atoms with van der Waals surface area (Å²) in [5.74, 6) is 0.396. The number of allylic oxidation sites excluding steroid dienone is 1. The molecule has 1 rings (SSSR count). The van der Waals surface area contributed by atoms with E-state index in [4.69, 9.17) is 51.1 Å². The van der Waals surface area contributed by atoms with Gasteiger partial charge in [-0.15, -0.1) is 0 Å². The molecule has 1 heterocycles. The van der Waals surface area contributed by atoms with Crippen LogP contribution in [0.25, 0.3) is 5.57 Å². The molecule has 0 saturated heterocycles. The van der Waals surface area contributed by atoms with E-state index >= 15 is 0 Å². The topological polar surface area (TPSA) is 22.1 Å². The molecule has 1 aromatic heterocycles. The fourth-order valence-electron chi connectivity index (χ4n) is 1.13. The Labute approximate surface area is 114 Å². The summed E-state index contributed by atoms with van der Waals surface area (Å²) in [4.78, 5) is 3.93. The first-order valence-corrected chi connectivity index (χ1v) is 5.79. The highest BCUT2D eigenvalue weighted by Gasteiger charge is 2.21. The second kappa shape index (κ2) is 5.46. The Morgan fingerprint density at radius 2 is 2.06 bits per heavy atom. The molecule has 16 heavy (non-hydrogen) atoms. The molecule has 6 heteroatoms. The maximum absolute atomic E-state index is 5.81. The lowest BCUT2D eigenvalue weighted by atomic mass is 10.1. The van der Waals surface area contributed by atoms with Gasteiger partial charge in [0.1, 0.15) is 5.15 Å². The first-order valence-electron chi connectivity index (χ1n) is 4.28. The van der Waals surface area contributed by atoms with Crippen LogP contribution in [-0.2, 0) is 0 Å². The SMILES string of the molecule is C=C(CC(Cl)(Cl)Cl)c1cc(Cl)nc(OC)c1. The van der Waals surface area contributed by atoms with Crippen molar-refractivity contribution < 1.29 is 4.74 Å². The van der Waals surface area contributed by atoms with Gasteiger partial charge in [-0.1, -0.05) is 53.0 Å². The maximum atomic E-state index is 5.81. The van der Waals surface area contributed by atoms with Gasteiger partial charge in [-0.3, -0.25) is 0 Å². The van der Waals surface area contributed by atoms with Gasteiger partial charge in [-0.05, 0) is 17.2 Å². The number of aromatic nitrogens is 1. The van der Waals surface area contributed by atoms with Crippen molar-refractivity contribution >= 4 is 52.0 Å². The van der Waals surface area contributed by atoms with Crippen molar-refractivity contribution in [2.24, 2.45) is 0 Å². The summed E-state index contributed by atoms with van der Waals surface area (Å²) in [5.41, 5.74) is 1.39. The average molecular weight is 301 g/mol. The predicted octanol–water partition coefficient (Wildman–Crippen LogP) is 4.52. The Hall–Kier alpha value is -0.150.